The van der Waals surface area contributed by atoms with Gasteiger partial charge in [-0.05, 0) is 64.9 Å². The molecule has 0 fully saturated rings. The van der Waals surface area contributed by atoms with Crippen LogP contribution in [0.4, 0.5) is 11.4 Å². The highest BCUT2D eigenvalue weighted by molar-refractivity contribution is 14.1. The van der Waals surface area contributed by atoms with Crippen LogP contribution in [0.25, 0.3) is 0 Å². The first-order valence-corrected chi connectivity index (χ1v) is 6.90. The summed E-state index contributed by atoms with van der Waals surface area (Å²) in [7, 11) is 2.07. The molecule has 0 saturated heterocycles. The fraction of sp³-hybridized carbons (Fsp3) is 0.214. The minimum Gasteiger partial charge on any atom is -0.397 e. The van der Waals surface area contributed by atoms with Crippen LogP contribution in [0.3, 0.4) is 0 Å². The lowest BCUT2D eigenvalue weighted by atomic mass is 10.2. The van der Waals surface area contributed by atoms with E-state index in [1.54, 1.807) is 0 Å². The Bertz CT molecular complexity index is 514. The van der Waals surface area contributed by atoms with Crippen molar-refractivity contribution in [3.05, 3.63) is 51.9 Å². The molecule has 0 unspecified atom stereocenters. The molecule has 0 aliphatic carbocycles. The lowest BCUT2D eigenvalue weighted by molar-refractivity contribution is 0.876. The van der Waals surface area contributed by atoms with E-state index >= 15 is 0 Å². The molecule has 94 valence electrons. The Morgan fingerprint density at radius 1 is 1.22 bits per heavy atom. The number of nitrogen functional groups attached to an aromatic ring is 1. The summed E-state index contributed by atoms with van der Waals surface area (Å²) < 4.78 is 1.16. The van der Waals surface area contributed by atoms with E-state index in [9.17, 15) is 0 Å². The van der Waals surface area contributed by atoms with Crippen LogP contribution in [0.15, 0.2) is 42.7 Å². The molecule has 1 aromatic heterocycles. The standard InChI is InChI=1S/C14H16IN3/c1-18(9-6-11-4-7-17-8-5-11)14-3-2-12(15)10-13(14)16/h2-5,7-8,10H,6,9,16H2,1H3. The average molecular weight is 353 g/mol. The highest BCUT2D eigenvalue weighted by atomic mass is 127. The zero-order valence-electron chi connectivity index (χ0n) is 10.3. The molecule has 18 heavy (non-hydrogen) atoms. The van der Waals surface area contributed by atoms with Gasteiger partial charge in [0, 0.05) is 29.6 Å². The van der Waals surface area contributed by atoms with Gasteiger partial charge in [0.1, 0.15) is 0 Å². The highest BCUT2D eigenvalue weighted by Crippen LogP contribution is 2.24. The molecule has 3 nitrogen and oxygen atoms in total. The SMILES string of the molecule is CN(CCc1ccncc1)c1ccc(I)cc1N. The van der Waals surface area contributed by atoms with Gasteiger partial charge < -0.3 is 10.6 Å². The second-order valence-corrected chi connectivity index (χ2v) is 5.48. The van der Waals surface area contributed by atoms with Crippen LogP contribution in [0, 0.1) is 3.57 Å². The summed E-state index contributed by atoms with van der Waals surface area (Å²) in [5, 5.41) is 0. The molecule has 0 radical (unpaired) electrons. The number of hydrogen-bond acceptors (Lipinski definition) is 3. The summed E-state index contributed by atoms with van der Waals surface area (Å²) in [6, 6.07) is 10.2. The third kappa shape index (κ3) is 3.35. The van der Waals surface area contributed by atoms with Gasteiger partial charge >= 0.3 is 0 Å². The van der Waals surface area contributed by atoms with Gasteiger partial charge in [-0.15, -0.1) is 0 Å². The van der Waals surface area contributed by atoms with Crippen LogP contribution >= 0.6 is 22.6 Å². The summed E-state index contributed by atoms with van der Waals surface area (Å²) in [5.74, 6) is 0. The molecule has 0 saturated carbocycles. The minimum absolute atomic E-state index is 0.833. The molecule has 1 aromatic carbocycles. The molecule has 0 amide bonds. The van der Waals surface area contributed by atoms with Crippen LogP contribution in [-0.4, -0.2) is 18.6 Å². The largest absolute Gasteiger partial charge is 0.397 e. The Kier molecular flexibility index (Phi) is 4.41. The van der Waals surface area contributed by atoms with E-state index in [1.165, 1.54) is 5.56 Å². The van der Waals surface area contributed by atoms with Crippen molar-refractivity contribution < 1.29 is 0 Å². The summed E-state index contributed by atoms with van der Waals surface area (Å²) in [4.78, 5) is 6.21. The number of nitrogens with two attached hydrogens (primary N) is 1. The third-order valence-corrected chi connectivity index (χ3v) is 3.56. The number of halogens is 1. The van der Waals surface area contributed by atoms with Gasteiger partial charge in [-0.1, -0.05) is 0 Å². The Hall–Kier alpha value is -1.30. The second-order valence-electron chi connectivity index (χ2n) is 4.23. The predicted molar refractivity (Wildman–Crippen MR) is 84.8 cm³/mol. The molecule has 0 aliphatic heterocycles. The Morgan fingerprint density at radius 2 is 1.94 bits per heavy atom. The van der Waals surface area contributed by atoms with E-state index in [0.29, 0.717) is 0 Å². The molecule has 2 rings (SSSR count). The number of hydrogen-bond donors (Lipinski definition) is 1. The number of pyridine rings is 1. The quantitative estimate of drug-likeness (QED) is 0.679. The number of aromatic nitrogens is 1. The lowest BCUT2D eigenvalue weighted by Gasteiger charge is -2.21. The third-order valence-electron chi connectivity index (χ3n) is 2.89. The molecule has 0 spiro atoms. The molecular formula is C14H16IN3. The summed E-state index contributed by atoms with van der Waals surface area (Å²) in [5.41, 5.74) is 9.25. The first-order chi connectivity index (χ1) is 8.66. The van der Waals surface area contributed by atoms with Crippen molar-refractivity contribution in [2.24, 2.45) is 0 Å². The second kappa shape index (κ2) is 6.04. The van der Waals surface area contributed by atoms with Gasteiger partial charge in [-0.3, -0.25) is 4.98 Å². The van der Waals surface area contributed by atoms with E-state index in [2.05, 4.69) is 51.7 Å². The van der Waals surface area contributed by atoms with E-state index < -0.39 is 0 Å². The van der Waals surface area contributed by atoms with Gasteiger partial charge in [0.2, 0.25) is 0 Å². The van der Waals surface area contributed by atoms with Crippen molar-refractivity contribution in [1.29, 1.82) is 0 Å². The zero-order valence-corrected chi connectivity index (χ0v) is 12.5. The van der Waals surface area contributed by atoms with Gasteiger partial charge in [-0.25, -0.2) is 0 Å². The monoisotopic (exact) mass is 353 g/mol. The van der Waals surface area contributed by atoms with Crippen molar-refractivity contribution in [3.8, 4) is 0 Å². The fourth-order valence-corrected chi connectivity index (χ4v) is 2.36. The van der Waals surface area contributed by atoms with Crippen LogP contribution in [0.5, 0.6) is 0 Å². The minimum atomic E-state index is 0.833. The molecular weight excluding hydrogens is 337 g/mol. The van der Waals surface area contributed by atoms with Crippen molar-refractivity contribution >= 4 is 34.0 Å². The van der Waals surface area contributed by atoms with Gasteiger partial charge in [-0.2, -0.15) is 0 Å². The molecule has 1 heterocycles. The van der Waals surface area contributed by atoms with E-state index in [-0.39, 0.29) is 0 Å². The lowest BCUT2D eigenvalue weighted by Crippen LogP contribution is -2.21. The maximum absolute atomic E-state index is 6.03. The molecule has 0 aliphatic rings. The maximum Gasteiger partial charge on any atom is 0.0598 e. The Balaban J connectivity index is 2.01. The van der Waals surface area contributed by atoms with Crippen molar-refractivity contribution in [1.82, 2.24) is 4.98 Å². The van der Waals surface area contributed by atoms with Crippen LogP contribution < -0.4 is 10.6 Å². The zero-order chi connectivity index (χ0) is 13.0. The smallest absolute Gasteiger partial charge is 0.0598 e. The Labute approximate surface area is 121 Å². The predicted octanol–water partition coefficient (Wildman–Crippen LogP) is 2.95. The van der Waals surface area contributed by atoms with Crippen LogP contribution in [-0.2, 0) is 6.42 Å². The molecule has 0 bridgehead atoms. The van der Waals surface area contributed by atoms with Crippen LogP contribution in [0.2, 0.25) is 0 Å². The Morgan fingerprint density at radius 3 is 2.61 bits per heavy atom. The first-order valence-electron chi connectivity index (χ1n) is 5.82. The molecule has 2 aromatic rings. The fourth-order valence-electron chi connectivity index (χ4n) is 1.84. The normalized spacial score (nSPS) is 10.3. The number of rotatable bonds is 4. The van der Waals surface area contributed by atoms with Crippen molar-refractivity contribution in [2.75, 3.05) is 24.2 Å². The molecule has 4 heteroatoms. The van der Waals surface area contributed by atoms with E-state index in [1.807, 2.05) is 30.6 Å². The highest BCUT2D eigenvalue weighted by Gasteiger charge is 2.05. The maximum atomic E-state index is 6.03. The summed E-state index contributed by atoms with van der Waals surface area (Å²) >= 11 is 2.27. The van der Waals surface area contributed by atoms with Crippen molar-refractivity contribution in [2.45, 2.75) is 6.42 Å². The average Bonchev–Trinajstić information content (AvgIpc) is 2.37. The number of benzene rings is 1. The van der Waals surface area contributed by atoms with Crippen LogP contribution in [0.1, 0.15) is 5.56 Å². The number of anilines is 2. The summed E-state index contributed by atoms with van der Waals surface area (Å²) in [6.45, 7) is 0.939. The number of likely N-dealkylation sites (N-methyl/N-ethyl adjacent to an activating group) is 1. The molecule has 2 N–H and O–H groups in total. The molecule has 0 atom stereocenters. The number of nitrogens with zero attached hydrogens (tertiary/aromatic N) is 2. The van der Waals surface area contributed by atoms with Crippen molar-refractivity contribution in [3.63, 3.8) is 0 Å². The van der Waals surface area contributed by atoms with Gasteiger partial charge in [0.05, 0.1) is 11.4 Å². The summed E-state index contributed by atoms with van der Waals surface area (Å²) in [6.07, 6.45) is 4.65. The van der Waals surface area contributed by atoms with E-state index in [0.717, 1.165) is 27.9 Å². The van der Waals surface area contributed by atoms with Gasteiger partial charge in [0.25, 0.3) is 0 Å². The topological polar surface area (TPSA) is 42.2 Å². The van der Waals surface area contributed by atoms with Gasteiger partial charge in [0.15, 0.2) is 0 Å². The first kappa shape index (κ1) is 13.1. The van der Waals surface area contributed by atoms with E-state index in [4.69, 9.17) is 5.73 Å².